The van der Waals surface area contributed by atoms with Crippen LogP contribution in [-0.4, -0.2) is 54.2 Å². The number of amides is 1. The lowest BCUT2D eigenvalue weighted by Crippen LogP contribution is -2.49. The van der Waals surface area contributed by atoms with Crippen molar-refractivity contribution in [3.05, 3.63) is 18.3 Å². The maximum absolute atomic E-state index is 12.3. The highest BCUT2D eigenvalue weighted by molar-refractivity contribution is 5.77. The van der Waals surface area contributed by atoms with Crippen LogP contribution in [0.2, 0.25) is 0 Å². The van der Waals surface area contributed by atoms with Gasteiger partial charge in [0.15, 0.2) is 5.75 Å². The Morgan fingerprint density at radius 2 is 2.25 bits per heavy atom. The van der Waals surface area contributed by atoms with Gasteiger partial charge in [-0.05, 0) is 59.3 Å². The summed E-state index contributed by atoms with van der Waals surface area (Å²) >= 11 is 0. The van der Waals surface area contributed by atoms with E-state index in [0.717, 1.165) is 13.0 Å². The molecule has 0 saturated carbocycles. The van der Waals surface area contributed by atoms with E-state index >= 15 is 0 Å². The van der Waals surface area contributed by atoms with Crippen LogP contribution in [0.5, 0.6) is 11.6 Å². The number of hydrogen-bond acceptors (Lipinski definition) is 5. The third-order valence-electron chi connectivity index (χ3n) is 4.18. The lowest BCUT2D eigenvalue weighted by Gasteiger charge is -2.28. The molecule has 0 unspecified atom stereocenters. The molecule has 0 aliphatic carbocycles. The van der Waals surface area contributed by atoms with Gasteiger partial charge in [-0.3, -0.25) is 4.79 Å². The molecule has 1 saturated heterocycles. The van der Waals surface area contributed by atoms with Gasteiger partial charge in [-0.15, -0.1) is 0 Å². The van der Waals surface area contributed by atoms with Crippen LogP contribution < -0.4 is 14.8 Å². The first-order valence-electron chi connectivity index (χ1n) is 8.63. The molecule has 1 aromatic heterocycles. The van der Waals surface area contributed by atoms with Crippen molar-refractivity contribution >= 4 is 5.91 Å². The van der Waals surface area contributed by atoms with Crippen LogP contribution in [0.15, 0.2) is 18.3 Å². The van der Waals surface area contributed by atoms with Gasteiger partial charge in [0.05, 0.1) is 12.1 Å². The Hall–Kier alpha value is -1.82. The summed E-state index contributed by atoms with van der Waals surface area (Å²) in [5, 5.41) is 3.07. The first-order valence-corrected chi connectivity index (χ1v) is 8.63. The van der Waals surface area contributed by atoms with Crippen molar-refractivity contribution < 1.29 is 14.3 Å². The summed E-state index contributed by atoms with van der Waals surface area (Å²) in [7, 11) is 2.08. The van der Waals surface area contributed by atoms with Gasteiger partial charge in [0.25, 0.3) is 5.88 Å². The molecule has 0 spiro atoms. The van der Waals surface area contributed by atoms with Crippen molar-refractivity contribution in [2.24, 2.45) is 0 Å². The van der Waals surface area contributed by atoms with E-state index < -0.39 is 5.54 Å². The second-order valence-electron chi connectivity index (χ2n) is 6.94. The van der Waals surface area contributed by atoms with Gasteiger partial charge in [0.2, 0.25) is 5.91 Å². The molecule has 0 bridgehead atoms. The zero-order chi connectivity index (χ0) is 17.6. The van der Waals surface area contributed by atoms with Crippen molar-refractivity contribution in [2.75, 3.05) is 26.8 Å². The van der Waals surface area contributed by atoms with E-state index in [2.05, 4.69) is 22.2 Å². The molecule has 6 heteroatoms. The number of nitrogens with one attached hydrogen (secondary N) is 1. The number of rotatable bonds is 8. The van der Waals surface area contributed by atoms with Gasteiger partial charge in [0, 0.05) is 18.7 Å². The fraction of sp³-hybridized carbons (Fsp3) is 0.667. The number of nitrogens with zero attached hydrogens (tertiary/aromatic N) is 2. The molecule has 1 aliphatic rings. The normalized spacial score (nSPS) is 18.4. The molecule has 1 atom stereocenters. The standard InChI is InChI=1S/C18H29N3O3/c1-5-23-15-9-6-10-19-17(15)24-13-18(2,3)20-16(22)12-14-8-7-11-21(14)4/h6,9-10,14H,5,7-8,11-13H2,1-4H3,(H,20,22)/t14-/m0/s1. The van der Waals surface area contributed by atoms with E-state index in [-0.39, 0.29) is 5.91 Å². The molecule has 1 amide bonds. The SMILES string of the molecule is CCOc1cccnc1OCC(C)(C)NC(=O)C[C@@H]1CCCN1C. The second kappa shape index (κ2) is 8.33. The third-order valence-corrected chi connectivity index (χ3v) is 4.18. The molecule has 2 heterocycles. The molecule has 134 valence electrons. The van der Waals surface area contributed by atoms with E-state index in [4.69, 9.17) is 9.47 Å². The van der Waals surface area contributed by atoms with Crippen LogP contribution in [0.4, 0.5) is 0 Å². The lowest BCUT2D eigenvalue weighted by molar-refractivity contribution is -0.124. The zero-order valence-electron chi connectivity index (χ0n) is 15.2. The number of carbonyl (C=O) groups excluding carboxylic acids is 1. The topological polar surface area (TPSA) is 63.7 Å². The van der Waals surface area contributed by atoms with Crippen molar-refractivity contribution in [3.63, 3.8) is 0 Å². The van der Waals surface area contributed by atoms with Crippen molar-refractivity contribution in [3.8, 4) is 11.6 Å². The summed E-state index contributed by atoms with van der Waals surface area (Å²) in [4.78, 5) is 18.8. The highest BCUT2D eigenvalue weighted by Gasteiger charge is 2.27. The molecule has 0 radical (unpaired) electrons. The molecule has 1 aromatic rings. The highest BCUT2D eigenvalue weighted by atomic mass is 16.5. The van der Waals surface area contributed by atoms with E-state index in [1.54, 1.807) is 6.20 Å². The van der Waals surface area contributed by atoms with Crippen LogP contribution in [0.3, 0.4) is 0 Å². The Balaban J connectivity index is 1.85. The molecule has 0 aromatic carbocycles. The van der Waals surface area contributed by atoms with Crippen LogP contribution in [0, 0.1) is 0 Å². The average molecular weight is 335 g/mol. The quantitative estimate of drug-likeness (QED) is 0.789. The second-order valence-corrected chi connectivity index (χ2v) is 6.94. The van der Waals surface area contributed by atoms with Crippen LogP contribution in [0.25, 0.3) is 0 Å². The number of aromatic nitrogens is 1. The van der Waals surface area contributed by atoms with Gasteiger partial charge in [-0.2, -0.15) is 0 Å². The predicted octanol–water partition coefficient (Wildman–Crippen LogP) is 2.24. The monoisotopic (exact) mass is 335 g/mol. The fourth-order valence-electron chi connectivity index (χ4n) is 2.91. The van der Waals surface area contributed by atoms with E-state index in [1.807, 2.05) is 32.9 Å². The number of carbonyl (C=O) groups is 1. The fourth-order valence-corrected chi connectivity index (χ4v) is 2.91. The maximum atomic E-state index is 12.3. The molecule has 1 N–H and O–H groups in total. The van der Waals surface area contributed by atoms with Crippen LogP contribution in [-0.2, 0) is 4.79 Å². The predicted molar refractivity (Wildman–Crippen MR) is 93.4 cm³/mol. The smallest absolute Gasteiger partial charge is 0.257 e. The molecule has 1 fully saturated rings. The van der Waals surface area contributed by atoms with Crippen LogP contribution in [0.1, 0.15) is 40.0 Å². The van der Waals surface area contributed by atoms with Gasteiger partial charge in [-0.25, -0.2) is 4.98 Å². The summed E-state index contributed by atoms with van der Waals surface area (Å²) in [5.41, 5.74) is -0.477. The zero-order valence-corrected chi connectivity index (χ0v) is 15.2. The minimum Gasteiger partial charge on any atom is -0.488 e. The summed E-state index contributed by atoms with van der Waals surface area (Å²) in [6.45, 7) is 7.78. The minimum atomic E-state index is -0.477. The summed E-state index contributed by atoms with van der Waals surface area (Å²) in [6.07, 6.45) is 4.46. The van der Waals surface area contributed by atoms with Crippen molar-refractivity contribution in [1.82, 2.24) is 15.2 Å². The Kier molecular flexibility index (Phi) is 6.43. The minimum absolute atomic E-state index is 0.0633. The summed E-state index contributed by atoms with van der Waals surface area (Å²) in [5.74, 6) is 1.14. The first kappa shape index (κ1) is 18.5. The number of ether oxygens (including phenoxy) is 2. The molecular formula is C18H29N3O3. The van der Waals surface area contributed by atoms with Gasteiger partial charge in [0.1, 0.15) is 6.61 Å². The Bertz CT molecular complexity index is 548. The Morgan fingerprint density at radius 3 is 2.92 bits per heavy atom. The van der Waals surface area contributed by atoms with Gasteiger partial charge in [-0.1, -0.05) is 0 Å². The Morgan fingerprint density at radius 1 is 1.46 bits per heavy atom. The van der Waals surface area contributed by atoms with E-state index in [0.29, 0.717) is 37.3 Å². The lowest BCUT2D eigenvalue weighted by atomic mass is 10.1. The van der Waals surface area contributed by atoms with Crippen molar-refractivity contribution in [1.29, 1.82) is 0 Å². The molecule has 1 aliphatic heterocycles. The van der Waals surface area contributed by atoms with Gasteiger partial charge < -0.3 is 19.7 Å². The number of hydrogen-bond donors (Lipinski definition) is 1. The first-order chi connectivity index (χ1) is 11.4. The van der Waals surface area contributed by atoms with Gasteiger partial charge >= 0.3 is 0 Å². The van der Waals surface area contributed by atoms with Crippen molar-refractivity contribution in [2.45, 2.75) is 51.6 Å². The molecule has 2 rings (SSSR count). The summed E-state index contributed by atoms with van der Waals surface area (Å²) in [6, 6.07) is 3.98. The highest BCUT2D eigenvalue weighted by Crippen LogP contribution is 2.24. The molecule has 6 nitrogen and oxygen atoms in total. The average Bonchev–Trinajstić information content (AvgIpc) is 2.91. The molecule has 24 heavy (non-hydrogen) atoms. The number of pyridine rings is 1. The van der Waals surface area contributed by atoms with Crippen LogP contribution >= 0.6 is 0 Å². The van der Waals surface area contributed by atoms with E-state index in [1.165, 1.54) is 6.42 Å². The molecular weight excluding hydrogens is 306 g/mol. The summed E-state index contributed by atoms with van der Waals surface area (Å²) < 4.78 is 11.3. The number of likely N-dealkylation sites (tertiary alicyclic amines) is 1. The third kappa shape index (κ3) is 5.37. The largest absolute Gasteiger partial charge is 0.488 e. The Labute approximate surface area is 144 Å². The van der Waals surface area contributed by atoms with E-state index in [9.17, 15) is 4.79 Å². The maximum Gasteiger partial charge on any atom is 0.257 e.